The summed E-state index contributed by atoms with van der Waals surface area (Å²) in [5.74, 6) is 1.26. The smallest absolute Gasteiger partial charge is 0.307 e. The number of carboxylic acids is 1. The Bertz CT molecular complexity index is 1370. The molecular formula is C30H31NO5S. The van der Waals surface area contributed by atoms with Crippen LogP contribution in [0.4, 0.5) is 0 Å². The number of fused-ring (bicyclic) bond motifs is 2. The van der Waals surface area contributed by atoms with Crippen LogP contribution in [-0.4, -0.2) is 36.4 Å². The molecule has 3 aromatic carbocycles. The van der Waals surface area contributed by atoms with E-state index in [1.54, 1.807) is 18.4 Å². The number of hydrogen-bond acceptors (Lipinski definition) is 6. The molecule has 1 heterocycles. The molecule has 7 heteroatoms. The van der Waals surface area contributed by atoms with Gasteiger partial charge >= 0.3 is 5.97 Å². The van der Waals surface area contributed by atoms with Gasteiger partial charge in [0.1, 0.15) is 10.8 Å². The van der Waals surface area contributed by atoms with Crippen molar-refractivity contribution in [1.29, 1.82) is 0 Å². The molecule has 0 saturated heterocycles. The van der Waals surface area contributed by atoms with Gasteiger partial charge in [-0.2, -0.15) is 0 Å². The van der Waals surface area contributed by atoms with Crippen molar-refractivity contribution in [3.63, 3.8) is 0 Å². The lowest BCUT2D eigenvalue weighted by Gasteiger charge is -2.19. The third-order valence-electron chi connectivity index (χ3n) is 7.00. The zero-order chi connectivity index (χ0) is 25.8. The number of aryl methyl sites for hydroxylation is 1. The fourth-order valence-electron chi connectivity index (χ4n) is 5.11. The molecular weight excluding hydrogens is 486 g/mol. The molecule has 2 atom stereocenters. The van der Waals surface area contributed by atoms with Crippen LogP contribution >= 0.6 is 11.3 Å². The third-order valence-corrected chi connectivity index (χ3v) is 8.09. The first kappa shape index (κ1) is 25.1. The van der Waals surface area contributed by atoms with Crippen LogP contribution in [0.5, 0.6) is 17.2 Å². The number of aliphatic carboxylic acids is 1. The Morgan fingerprint density at radius 2 is 1.92 bits per heavy atom. The lowest BCUT2D eigenvalue weighted by Crippen LogP contribution is -2.19. The molecule has 1 N–H and O–H groups in total. The second-order valence-corrected chi connectivity index (χ2v) is 10.3. The highest BCUT2D eigenvalue weighted by Gasteiger charge is 2.33. The largest absolute Gasteiger partial charge is 0.493 e. The minimum atomic E-state index is -0.705. The minimum Gasteiger partial charge on any atom is -0.493 e. The fraction of sp³-hybridized carbons (Fsp3) is 0.333. The summed E-state index contributed by atoms with van der Waals surface area (Å²) in [6.07, 6.45) is 3.15. The maximum Gasteiger partial charge on any atom is 0.307 e. The van der Waals surface area contributed by atoms with Crippen molar-refractivity contribution in [3.05, 3.63) is 71.8 Å². The summed E-state index contributed by atoms with van der Waals surface area (Å²) < 4.78 is 18.7. The number of rotatable bonds is 11. The Morgan fingerprint density at radius 3 is 2.70 bits per heavy atom. The molecule has 5 rings (SSSR count). The topological polar surface area (TPSA) is 77.9 Å². The molecule has 1 aliphatic carbocycles. The summed E-state index contributed by atoms with van der Waals surface area (Å²) in [7, 11) is 1.64. The minimum absolute atomic E-state index is 0.0935. The summed E-state index contributed by atoms with van der Waals surface area (Å²) >= 11 is 1.66. The third kappa shape index (κ3) is 5.42. The van der Waals surface area contributed by atoms with Crippen molar-refractivity contribution in [2.24, 2.45) is 5.92 Å². The maximum atomic E-state index is 11.6. The summed E-state index contributed by atoms with van der Waals surface area (Å²) in [5.41, 5.74) is 4.36. The van der Waals surface area contributed by atoms with Gasteiger partial charge in [0.15, 0.2) is 11.5 Å². The van der Waals surface area contributed by atoms with E-state index in [-0.39, 0.29) is 11.8 Å². The number of methoxy groups -OCH3 is 1. The van der Waals surface area contributed by atoms with Crippen LogP contribution in [-0.2, 0) is 11.2 Å². The van der Waals surface area contributed by atoms with Gasteiger partial charge < -0.3 is 19.3 Å². The van der Waals surface area contributed by atoms with Crippen LogP contribution in [0.25, 0.3) is 20.8 Å². The molecule has 0 amide bonds. The van der Waals surface area contributed by atoms with Gasteiger partial charge in [-0.1, -0.05) is 25.1 Å². The Hall–Kier alpha value is -3.58. The highest BCUT2D eigenvalue weighted by Crippen LogP contribution is 2.41. The van der Waals surface area contributed by atoms with Crippen molar-refractivity contribution in [2.45, 2.75) is 38.5 Å². The van der Waals surface area contributed by atoms with E-state index in [0.29, 0.717) is 31.1 Å². The highest BCUT2D eigenvalue weighted by molar-refractivity contribution is 7.21. The van der Waals surface area contributed by atoms with Crippen molar-refractivity contribution in [3.8, 4) is 27.8 Å². The van der Waals surface area contributed by atoms with Crippen molar-refractivity contribution in [2.75, 3.05) is 20.3 Å². The average Bonchev–Trinajstić information content (AvgIpc) is 3.53. The van der Waals surface area contributed by atoms with Crippen LogP contribution in [0.3, 0.4) is 0 Å². The van der Waals surface area contributed by atoms with E-state index >= 15 is 0 Å². The number of thiazole rings is 1. The summed E-state index contributed by atoms with van der Waals surface area (Å²) in [5, 5.41) is 10.5. The van der Waals surface area contributed by atoms with Crippen LogP contribution in [0.2, 0.25) is 0 Å². The van der Waals surface area contributed by atoms with E-state index in [1.807, 2.05) is 55.5 Å². The van der Waals surface area contributed by atoms with Crippen LogP contribution < -0.4 is 14.2 Å². The van der Waals surface area contributed by atoms with Gasteiger partial charge in [-0.15, -0.1) is 11.3 Å². The SMILES string of the molecule is CCC(C(=O)O)[C@@H]1CCc2cc(OCCCOc3ccc(-c4nc5ccccc5s4)cc3OC)ccc21. The molecule has 37 heavy (non-hydrogen) atoms. The number of carbonyl (C=O) groups is 1. The van der Waals surface area contributed by atoms with Gasteiger partial charge in [0.05, 0.1) is 36.5 Å². The molecule has 6 nitrogen and oxygen atoms in total. The van der Waals surface area contributed by atoms with Crippen LogP contribution in [0.15, 0.2) is 60.7 Å². The van der Waals surface area contributed by atoms with Gasteiger partial charge in [-0.05, 0) is 78.8 Å². The van der Waals surface area contributed by atoms with E-state index in [0.717, 1.165) is 51.4 Å². The zero-order valence-electron chi connectivity index (χ0n) is 21.1. The van der Waals surface area contributed by atoms with Crippen molar-refractivity contribution < 1.29 is 24.1 Å². The lowest BCUT2D eigenvalue weighted by atomic mass is 9.85. The number of aromatic nitrogens is 1. The summed E-state index contributed by atoms with van der Waals surface area (Å²) in [6, 6.07) is 20.1. The Kier molecular flexibility index (Phi) is 7.60. The molecule has 4 aromatic rings. The maximum absolute atomic E-state index is 11.6. The van der Waals surface area contributed by atoms with Crippen LogP contribution in [0, 0.1) is 5.92 Å². The van der Waals surface area contributed by atoms with Gasteiger partial charge in [0.25, 0.3) is 0 Å². The first-order valence-electron chi connectivity index (χ1n) is 12.7. The number of ether oxygens (including phenoxy) is 3. The first-order chi connectivity index (χ1) is 18.1. The molecule has 0 bridgehead atoms. The number of benzene rings is 3. The molecule has 192 valence electrons. The van der Waals surface area contributed by atoms with Gasteiger partial charge in [-0.3, -0.25) is 4.79 Å². The Balaban J connectivity index is 1.14. The van der Waals surface area contributed by atoms with Crippen LogP contribution in [0.1, 0.15) is 43.2 Å². The second kappa shape index (κ2) is 11.2. The molecule has 0 saturated carbocycles. The predicted molar refractivity (Wildman–Crippen MR) is 146 cm³/mol. The lowest BCUT2D eigenvalue weighted by molar-refractivity contribution is -0.142. The van der Waals surface area contributed by atoms with Crippen molar-refractivity contribution >= 4 is 27.5 Å². The monoisotopic (exact) mass is 517 g/mol. The van der Waals surface area contributed by atoms with E-state index < -0.39 is 5.97 Å². The fourth-order valence-corrected chi connectivity index (χ4v) is 6.07. The zero-order valence-corrected chi connectivity index (χ0v) is 21.9. The first-order valence-corrected chi connectivity index (χ1v) is 13.5. The predicted octanol–water partition coefficient (Wildman–Crippen LogP) is 6.96. The van der Waals surface area contributed by atoms with Gasteiger partial charge in [0.2, 0.25) is 0 Å². The second-order valence-electron chi connectivity index (χ2n) is 9.26. The number of carboxylic acid groups (broad SMARTS) is 1. The average molecular weight is 518 g/mol. The normalized spacial score (nSPS) is 15.4. The number of para-hydroxylation sites is 1. The van der Waals surface area contributed by atoms with Gasteiger partial charge in [0, 0.05) is 12.0 Å². The van der Waals surface area contributed by atoms with E-state index in [4.69, 9.17) is 19.2 Å². The van der Waals surface area contributed by atoms with E-state index in [2.05, 4.69) is 12.1 Å². The molecule has 0 spiro atoms. The Morgan fingerprint density at radius 1 is 1.08 bits per heavy atom. The molecule has 0 radical (unpaired) electrons. The standard InChI is InChI=1S/C30H31NO5S/c1-3-22(30(32)33)24-12-9-19-17-21(11-13-23(19)24)35-15-6-16-36-26-14-10-20(18-27(26)34-2)29-31-25-7-4-5-8-28(25)37-29/h4-5,7-8,10-11,13-14,17-18,22,24H,3,6,9,12,15-16H2,1-2H3,(H,32,33)/t22?,24-/m0/s1. The van der Waals surface area contributed by atoms with E-state index in [1.165, 1.54) is 5.56 Å². The molecule has 0 aliphatic heterocycles. The van der Waals surface area contributed by atoms with Crippen molar-refractivity contribution in [1.82, 2.24) is 4.98 Å². The summed E-state index contributed by atoms with van der Waals surface area (Å²) in [6.45, 7) is 2.98. The molecule has 1 unspecified atom stereocenters. The van der Waals surface area contributed by atoms with E-state index in [9.17, 15) is 9.90 Å². The summed E-state index contributed by atoms with van der Waals surface area (Å²) in [4.78, 5) is 16.3. The number of hydrogen-bond donors (Lipinski definition) is 1. The number of nitrogens with zero attached hydrogens (tertiary/aromatic N) is 1. The molecule has 0 fully saturated rings. The molecule has 1 aliphatic rings. The van der Waals surface area contributed by atoms with Gasteiger partial charge in [-0.25, -0.2) is 4.98 Å². The highest BCUT2D eigenvalue weighted by atomic mass is 32.1. The Labute approximate surface area is 220 Å². The molecule has 1 aromatic heterocycles. The quantitative estimate of drug-likeness (QED) is 0.217.